The molecule has 1 atom stereocenters. The monoisotopic (exact) mass is 255 g/mol. The number of hydrogen-bond acceptors (Lipinski definition) is 4. The Hall–Kier alpha value is -1.78. The van der Waals surface area contributed by atoms with Crippen LogP contribution in [0.5, 0.6) is 0 Å². The summed E-state index contributed by atoms with van der Waals surface area (Å²) in [6.07, 6.45) is 2.17. The quantitative estimate of drug-likeness (QED) is 0.475. The molecule has 0 radical (unpaired) electrons. The van der Waals surface area contributed by atoms with Gasteiger partial charge >= 0.3 is 12.1 Å². The van der Waals surface area contributed by atoms with Crippen molar-refractivity contribution in [2.24, 2.45) is 0 Å². The highest BCUT2D eigenvalue weighted by Crippen LogP contribution is 2.08. The fourth-order valence-corrected chi connectivity index (χ4v) is 1.01. The summed E-state index contributed by atoms with van der Waals surface area (Å²) in [4.78, 5) is 22.5. The van der Waals surface area contributed by atoms with E-state index in [4.69, 9.17) is 4.74 Å². The zero-order valence-electron chi connectivity index (χ0n) is 11.6. The van der Waals surface area contributed by atoms with E-state index in [0.29, 0.717) is 5.57 Å². The van der Waals surface area contributed by atoms with Crippen LogP contribution in [-0.2, 0) is 14.3 Å². The zero-order chi connectivity index (χ0) is 14.3. The fraction of sp³-hybridized carbons (Fsp3) is 0.538. The van der Waals surface area contributed by atoms with Crippen molar-refractivity contribution in [2.45, 2.75) is 39.3 Å². The second-order valence-corrected chi connectivity index (χ2v) is 4.85. The largest absolute Gasteiger partial charge is 0.466 e. The van der Waals surface area contributed by atoms with Crippen molar-refractivity contribution in [2.75, 3.05) is 7.11 Å². The van der Waals surface area contributed by atoms with Gasteiger partial charge in [0.2, 0.25) is 0 Å². The summed E-state index contributed by atoms with van der Waals surface area (Å²) in [7, 11) is 1.28. The van der Waals surface area contributed by atoms with Crippen molar-refractivity contribution in [3.05, 3.63) is 24.3 Å². The van der Waals surface area contributed by atoms with Crippen LogP contribution in [0.2, 0.25) is 0 Å². The van der Waals surface area contributed by atoms with Crippen LogP contribution in [0.3, 0.4) is 0 Å². The summed E-state index contributed by atoms with van der Waals surface area (Å²) in [6.45, 7) is 10.8. The highest BCUT2D eigenvalue weighted by Gasteiger charge is 2.18. The lowest BCUT2D eigenvalue weighted by molar-refractivity contribution is -0.134. The van der Waals surface area contributed by atoms with Crippen molar-refractivity contribution in [3.8, 4) is 0 Å². The number of esters is 1. The van der Waals surface area contributed by atoms with Crippen LogP contribution in [-0.4, -0.2) is 30.8 Å². The fourth-order valence-electron chi connectivity index (χ4n) is 1.01. The molecular formula is C13H21NO4. The van der Waals surface area contributed by atoms with E-state index in [-0.39, 0.29) is 0 Å². The molecule has 0 unspecified atom stereocenters. The van der Waals surface area contributed by atoms with Gasteiger partial charge in [-0.1, -0.05) is 18.2 Å². The Balaban J connectivity index is 4.55. The first-order chi connectivity index (χ1) is 8.15. The number of hydrogen-bond donors (Lipinski definition) is 1. The molecule has 0 aromatic carbocycles. The summed E-state index contributed by atoms with van der Waals surface area (Å²) in [5.74, 6) is -0.493. The standard InChI is InChI=1S/C13H21NO4/c1-9(2)10(7-8-11(15)17-6)14-12(16)18-13(3,4)5/h7-8,10H,1H2,2-6H3,(H,14,16)/b8-7+/t10-/m1/s1. The van der Waals surface area contributed by atoms with E-state index in [1.54, 1.807) is 27.7 Å². The van der Waals surface area contributed by atoms with Crippen LogP contribution in [0.4, 0.5) is 4.79 Å². The highest BCUT2D eigenvalue weighted by molar-refractivity contribution is 5.82. The van der Waals surface area contributed by atoms with Gasteiger partial charge in [-0.25, -0.2) is 9.59 Å². The van der Waals surface area contributed by atoms with Crippen LogP contribution in [0.15, 0.2) is 24.3 Å². The molecule has 102 valence electrons. The van der Waals surface area contributed by atoms with Crippen LogP contribution in [0.1, 0.15) is 27.7 Å². The lowest BCUT2D eigenvalue weighted by Gasteiger charge is -2.22. The third-order valence-electron chi connectivity index (χ3n) is 1.83. The number of methoxy groups -OCH3 is 1. The molecule has 0 saturated heterocycles. The summed E-state index contributed by atoms with van der Waals surface area (Å²) in [6, 6.07) is -0.473. The summed E-state index contributed by atoms with van der Waals surface area (Å²) in [5, 5.41) is 2.60. The first-order valence-electron chi connectivity index (χ1n) is 5.57. The van der Waals surface area contributed by atoms with Crippen LogP contribution >= 0.6 is 0 Å². The Morgan fingerprint density at radius 3 is 2.28 bits per heavy atom. The number of rotatable bonds is 4. The predicted octanol–water partition coefficient (Wildman–Crippen LogP) is 2.19. The highest BCUT2D eigenvalue weighted by atomic mass is 16.6. The first kappa shape index (κ1) is 16.2. The molecule has 5 heteroatoms. The van der Waals surface area contributed by atoms with Crippen LogP contribution < -0.4 is 5.32 Å². The van der Waals surface area contributed by atoms with Gasteiger partial charge in [0.05, 0.1) is 13.2 Å². The minimum atomic E-state index is -0.574. The Labute approximate surface area is 108 Å². The third kappa shape index (κ3) is 7.49. The van der Waals surface area contributed by atoms with Crippen molar-refractivity contribution in [1.29, 1.82) is 0 Å². The van der Waals surface area contributed by atoms with Crippen molar-refractivity contribution < 1.29 is 19.1 Å². The maximum absolute atomic E-state index is 11.6. The average molecular weight is 255 g/mol. The van der Waals surface area contributed by atoms with E-state index in [9.17, 15) is 9.59 Å². The molecule has 0 aliphatic rings. The minimum absolute atomic E-state index is 0.473. The molecule has 1 amide bonds. The average Bonchev–Trinajstić information content (AvgIpc) is 2.20. The van der Waals surface area contributed by atoms with E-state index < -0.39 is 23.7 Å². The number of amides is 1. The van der Waals surface area contributed by atoms with E-state index in [2.05, 4.69) is 16.6 Å². The van der Waals surface area contributed by atoms with Gasteiger partial charge in [0.25, 0.3) is 0 Å². The van der Waals surface area contributed by atoms with E-state index in [0.717, 1.165) is 0 Å². The Morgan fingerprint density at radius 2 is 1.89 bits per heavy atom. The van der Waals surface area contributed by atoms with Crippen molar-refractivity contribution in [3.63, 3.8) is 0 Å². The van der Waals surface area contributed by atoms with Gasteiger partial charge in [0, 0.05) is 6.08 Å². The summed E-state index contributed by atoms with van der Waals surface area (Å²) < 4.78 is 9.58. The molecule has 0 aliphatic carbocycles. The normalized spacial score (nSPS) is 12.9. The SMILES string of the molecule is C=C(C)[C@@H](/C=C/C(=O)OC)NC(=O)OC(C)(C)C. The predicted molar refractivity (Wildman–Crippen MR) is 69.1 cm³/mol. The molecule has 0 heterocycles. The number of nitrogens with one attached hydrogen (secondary N) is 1. The Bertz CT molecular complexity index is 352. The number of carbonyl (C=O) groups is 2. The topological polar surface area (TPSA) is 64.6 Å². The molecule has 0 saturated carbocycles. The van der Waals surface area contributed by atoms with E-state index in [1.165, 1.54) is 19.3 Å². The summed E-state index contributed by atoms with van der Waals surface area (Å²) in [5.41, 5.74) is 0.108. The molecule has 0 fully saturated rings. The maximum atomic E-state index is 11.6. The molecule has 0 spiro atoms. The van der Waals surface area contributed by atoms with E-state index in [1.807, 2.05) is 0 Å². The van der Waals surface area contributed by atoms with Gasteiger partial charge in [-0.3, -0.25) is 0 Å². The molecule has 5 nitrogen and oxygen atoms in total. The molecule has 0 rings (SSSR count). The van der Waals surface area contributed by atoms with Gasteiger partial charge < -0.3 is 14.8 Å². The number of ether oxygens (including phenoxy) is 2. The van der Waals surface area contributed by atoms with Crippen molar-refractivity contribution in [1.82, 2.24) is 5.32 Å². The first-order valence-corrected chi connectivity index (χ1v) is 5.57. The Kier molecular flexibility index (Phi) is 6.16. The smallest absolute Gasteiger partial charge is 0.408 e. The number of alkyl carbamates (subject to hydrolysis) is 1. The molecule has 0 aromatic heterocycles. The second kappa shape index (κ2) is 6.83. The van der Waals surface area contributed by atoms with Crippen molar-refractivity contribution >= 4 is 12.1 Å². The molecule has 0 aromatic rings. The maximum Gasteiger partial charge on any atom is 0.408 e. The second-order valence-electron chi connectivity index (χ2n) is 4.85. The lowest BCUT2D eigenvalue weighted by Crippen LogP contribution is -2.38. The van der Waals surface area contributed by atoms with Gasteiger partial charge in [0.15, 0.2) is 0 Å². The zero-order valence-corrected chi connectivity index (χ0v) is 11.6. The molecule has 0 aliphatic heterocycles. The van der Waals surface area contributed by atoms with Gasteiger partial charge in [0.1, 0.15) is 5.60 Å². The minimum Gasteiger partial charge on any atom is -0.466 e. The molecule has 18 heavy (non-hydrogen) atoms. The van der Waals surface area contributed by atoms with Crippen LogP contribution in [0, 0.1) is 0 Å². The number of carbonyl (C=O) groups excluding carboxylic acids is 2. The van der Waals surface area contributed by atoms with Gasteiger partial charge in [-0.2, -0.15) is 0 Å². The van der Waals surface area contributed by atoms with Gasteiger partial charge in [-0.05, 0) is 27.7 Å². The van der Waals surface area contributed by atoms with Gasteiger partial charge in [-0.15, -0.1) is 0 Å². The molecule has 1 N–H and O–H groups in total. The van der Waals surface area contributed by atoms with Crippen LogP contribution in [0.25, 0.3) is 0 Å². The Morgan fingerprint density at radius 1 is 1.33 bits per heavy atom. The van der Waals surface area contributed by atoms with E-state index >= 15 is 0 Å². The summed E-state index contributed by atoms with van der Waals surface area (Å²) >= 11 is 0. The third-order valence-corrected chi connectivity index (χ3v) is 1.83. The molecule has 0 bridgehead atoms. The lowest BCUT2D eigenvalue weighted by atomic mass is 10.1. The molecular weight excluding hydrogens is 234 g/mol.